The molecular formula is C14H20N4. The van der Waals surface area contributed by atoms with Crippen molar-refractivity contribution in [2.24, 2.45) is 0 Å². The number of benzene rings is 1. The first-order chi connectivity index (χ1) is 8.75. The highest BCUT2D eigenvalue weighted by Crippen LogP contribution is 2.18. The molecule has 0 radical (unpaired) electrons. The zero-order chi connectivity index (χ0) is 12.8. The SMILES string of the molecule is C[C@@H](CCN(C)Cc1ncn[nH]1)c1ccccc1. The zero-order valence-corrected chi connectivity index (χ0v) is 11.0. The molecule has 2 rings (SSSR count). The van der Waals surface area contributed by atoms with E-state index in [-0.39, 0.29) is 0 Å². The molecule has 1 aromatic carbocycles. The molecule has 1 atom stereocenters. The number of hydrogen-bond acceptors (Lipinski definition) is 3. The summed E-state index contributed by atoms with van der Waals surface area (Å²) < 4.78 is 0. The van der Waals surface area contributed by atoms with E-state index in [1.165, 1.54) is 5.56 Å². The third-order valence-corrected chi connectivity index (χ3v) is 3.20. The van der Waals surface area contributed by atoms with Crippen molar-refractivity contribution in [1.29, 1.82) is 0 Å². The number of rotatable bonds is 6. The topological polar surface area (TPSA) is 44.8 Å². The molecule has 0 unspecified atom stereocenters. The van der Waals surface area contributed by atoms with E-state index in [0.717, 1.165) is 25.3 Å². The van der Waals surface area contributed by atoms with Crippen molar-refractivity contribution in [2.45, 2.75) is 25.8 Å². The van der Waals surface area contributed by atoms with Crippen LogP contribution in [-0.2, 0) is 6.54 Å². The minimum absolute atomic E-state index is 0.586. The Labute approximate surface area is 108 Å². The van der Waals surface area contributed by atoms with Crippen LogP contribution in [0.2, 0.25) is 0 Å². The Balaban J connectivity index is 1.77. The zero-order valence-electron chi connectivity index (χ0n) is 11.0. The number of nitrogens with zero attached hydrogens (tertiary/aromatic N) is 3. The van der Waals surface area contributed by atoms with Gasteiger partial charge in [0, 0.05) is 0 Å². The maximum Gasteiger partial charge on any atom is 0.138 e. The Bertz CT molecular complexity index is 438. The molecule has 0 amide bonds. The van der Waals surface area contributed by atoms with Gasteiger partial charge >= 0.3 is 0 Å². The second-order valence-electron chi connectivity index (χ2n) is 4.77. The Kier molecular flexibility index (Phi) is 4.47. The molecule has 18 heavy (non-hydrogen) atoms. The lowest BCUT2D eigenvalue weighted by Gasteiger charge is -2.18. The van der Waals surface area contributed by atoms with Crippen LogP contribution < -0.4 is 0 Å². The minimum Gasteiger partial charge on any atom is -0.299 e. The van der Waals surface area contributed by atoms with Gasteiger partial charge in [-0.1, -0.05) is 37.3 Å². The average Bonchev–Trinajstić information content (AvgIpc) is 2.90. The Morgan fingerprint density at radius 2 is 2.06 bits per heavy atom. The fourth-order valence-electron chi connectivity index (χ4n) is 2.00. The van der Waals surface area contributed by atoms with E-state index in [2.05, 4.69) is 64.4 Å². The molecule has 96 valence electrons. The first-order valence-electron chi connectivity index (χ1n) is 6.33. The highest BCUT2D eigenvalue weighted by Gasteiger charge is 2.08. The fraction of sp³-hybridized carbons (Fsp3) is 0.429. The second-order valence-corrected chi connectivity index (χ2v) is 4.77. The van der Waals surface area contributed by atoms with Gasteiger partial charge in [0.05, 0.1) is 6.54 Å². The maximum atomic E-state index is 4.13. The van der Waals surface area contributed by atoms with Crippen LogP contribution in [-0.4, -0.2) is 33.7 Å². The number of aromatic amines is 1. The number of aromatic nitrogens is 3. The van der Waals surface area contributed by atoms with Gasteiger partial charge in [-0.05, 0) is 31.5 Å². The van der Waals surface area contributed by atoms with Crippen molar-refractivity contribution in [1.82, 2.24) is 20.1 Å². The maximum absolute atomic E-state index is 4.13. The van der Waals surface area contributed by atoms with E-state index in [9.17, 15) is 0 Å². The summed E-state index contributed by atoms with van der Waals surface area (Å²) in [5.74, 6) is 1.51. The highest BCUT2D eigenvalue weighted by molar-refractivity contribution is 5.18. The van der Waals surface area contributed by atoms with E-state index in [4.69, 9.17) is 0 Å². The van der Waals surface area contributed by atoms with Crippen LogP contribution in [0.1, 0.15) is 30.7 Å². The van der Waals surface area contributed by atoms with Crippen molar-refractivity contribution < 1.29 is 0 Å². The van der Waals surface area contributed by atoms with Gasteiger partial charge in [-0.3, -0.25) is 10.00 Å². The Hall–Kier alpha value is -1.68. The van der Waals surface area contributed by atoms with Gasteiger partial charge in [0.25, 0.3) is 0 Å². The molecule has 0 bridgehead atoms. The van der Waals surface area contributed by atoms with Gasteiger partial charge in [0.1, 0.15) is 12.2 Å². The van der Waals surface area contributed by atoms with Crippen LogP contribution in [0.5, 0.6) is 0 Å². The standard InChI is InChI=1S/C14H20N4/c1-12(13-6-4-3-5-7-13)8-9-18(2)10-14-15-11-16-17-14/h3-7,11-12H,8-10H2,1-2H3,(H,15,16,17)/t12-/m0/s1. The molecule has 0 aliphatic rings. The van der Waals surface area contributed by atoms with Gasteiger partial charge < -0.3 is 0 Å². The quantitative estimate of drug-likeness (QED) is 0.848. The lowest BCUT2D eigenvalue weighted by molar-refractivity contribution is 0.306. The summed E-state index contributed by atoms with van der Waals surface area (Å²) >= 11 is 0. The normalized spacial score (nSPS) is 12.8. The molecule has 0 saturated heterocycles. The van der Waals surface area contributed by atoms with Gasteiger partial charge in [-0.15, -0.1) is 0 Å². The molecule has 2 aromatic rings. The average molecular weight is 244 g/mol. The van der Waals surface area contributed by atoms with Gasteiger partial charge in [0.2, 0.25) is 0 Å². The summed E-state index contributed by atoms with van der Waals surface area (Å²) in [6.45, 7) is 4.15. The van der Waals surface area contributed by atoms with Crippen LogP contribution in [0.3, 0.4) is 0 Å². The molecular weight excluding hydrogens is 224 g/mol. The number of hydrogen-bond donors (Lipinski definition) is 1. The smallest absolute Gasteiger partial charge is 0.138 e. The molecule has 0 spiro atoms. The third-order valence-electron chi connectivity index (χ3n) is 3.20. The molecule has 1 aromatic heterocycles. The summed E-state index contributed by atoms with van der Waals surface area (Å²) in [5, 5.41) is 6.74. The summed E-state index contributed by atoms with van der Waals surface area (Å²) in [6, 6.07) is 10.7. The second kappa shape index (κ2) is 6.31. The molecule has 0 saturated carbocycles. The molecule has 1 N–H and O–H groups in total. The molecule has 1 heterocycles. The lowest BCUT2D eigenvalue weighted by atomic mass is 9.98. The molecule has 0 aliphatic carbocycles. The van der Waals surface area contributed by atoms with E-state index >= 15 is 0 Å². The molecule has 4 nitrogen and oxygen atoms in total. The molecule has 0 aliphatic heterocycles. The van der Waals surface area contributed by atoms with E-state index < -0.39 is 0 Å². The van der Waals surface area contributed by atoms with E-state index in [1.54, 1.807) is 6.33 Å². The van der Waals surface area contributed by atoms with Gasteiger partial charge in [-0.2, -0.15) is 5.10 Å². The lowest BCUT2D eigenvalue weighted by Crippen LogP contribution is -2.21. The number of nitrogens with one attached hydrogen (secondary N) is 1. The first kappa shape index (κ1) is 12.8. The summed E-state index contributed by atoms with van der Waals surface area (Å²) in [5.41, 5.74) is 1.41. The Morgan fingerprint density at radius 3 is 2.72 bits per heavy atom. The largest absolute Gasteiger partial charge is 0.299 e. The number of H-pyrrole nitrogens is 1. The minimum atomic E-state index is 0.586. The molecule has 4 heteroatoms. The predicted molar refractivity (Wildman–Crippen MR) is 72.2 cm³/mol. The Morgan fingerprint density at radius 1 is 1.28 bits per heavy atom. The van der Waals surface area contributed by atoms with Crippen LogP contribution in [0.25, 0.3) is 0 Å². The van der Waals surface area contributed by atoms with Crippen molar-refractivity contribution in [3.8, 4) is 0 Å². The van der Waals surface area contributed by atoms with Crippen molar-refractivity contribution in [2.75, 3.05) is 13.6 Å². The van der Waals surface area contributed by atoms with Crippen LogP contribution in [0, 0.1) is 0 Å². The van der Waals surface area contributed by atoms with Crippen LogP contribution in [0.4, 0.5) is 0 Å². The first-order valence-corrected chi connectivity index (χ1v) is 6.33. The van der Waals surface area contributed by atoms with Crippen molar-refractivity contribution in [3.05, 3.63) is 48.0 Å². The summed E-state index contributed by atoms with van der Waals surface area (Å²) in [7, 11) is 2.11. The monoisotopic (exact) mass is 244 g/mol. The fourth-order valence-corrected chi connectivity index (χ4v) is 2.00. The van der Waals surface area contributed by atoms with Crippen LogP contribution >= 0.6 is 0 Å². The van der Waals surface area contributed by atoms with Gasteiger partial charge in [-0.25, -0.2) is 4.98 Å². The van der Waals surface area contributed by atoms with E-state index in [0.29, 0.717) is 5.92 Å². The summed E-state index contributed by atoms with van der Waals surface area (Å²) in [6.07, 6.45) is 2.70. The third kappa shape index (κ3) is 3.67. The van der Waals surface area contributed by atoms with Crippen molar-refractivity contribution >= 4 is 0 Å². The van der Waals surface area contributed by atoms with Gasteiger partial charge in [0.15, 0.2) is 0 Å². The van der Waals surface area contributed by atoms with Crippen molar-refractivity contribution in [3.63, 3.8) is 0 Å². The summed E-state index contributed by atoms with van der Waals surface area (Å²) in [4.78, 5) is 6.40. The predicted octanol–water partition coefficient (Wildman–Crippen LogP) is 2.43. The highest BCUT2D eigenvalue weighted by atomic mass is 15.2. The molecule has 0 fully saturated rings. The van der Waals surface area contributed by atoms with Crippen LogP contribution in [0.15, 0.2) is 36.7 Å². The van der Waals surface area contributed by atoms with E-state index in [1.807, 2.05) is 0 Å².